The largest absolute Gasteiger partial charge is 0.380 e. The van der Waals surface area contributed by atoms with E-state index in [0.717, 1.165) is 24.4 Å². The molecule has 1 saturated carbocycles. The molecule has 1 aromatic heterocycles. The highest BCUT2D eigenvalue weighted by molar-refractivity contribution is 7.11. The van der Waals surface area contributed by atoms with E-state index < -0.39 is 0 Å². The molecular weight excluding hydrogens is 304 g/mol. The van der Waals surface area contributed by atoms with Crippen molar-refractivity contribution in [3.63, 3.8) is 0 Å². The maximum atomic E-state index is 5.80. The SMILES string of the molecule is CO[C@@H]1C[C@H](c2ccccc2)CC[C@@H]1NCc1nc(C)sc1C. The van der Waals surface area contributed by atoms with Gasteiger partial charge in [0, 0.05) is 24.6 Å². The Bertz CT molecular complexity index is 626. The van der Waals surface area contributed by atoms with Gasteiger partial charge in [-0.25, -0.2) is 4.98 Å². The summed E-state index contributed by atoms with van der Waals surface area (Å²) in [5, 5.41) is 4.83. The van der Waals surface area contributed by atoms with Crippen LogP contribution in [0.1, 0.15) is 46.3 Å². The molecule has 4 heteroatoms. The third kappa shape index (κ3) is 4.00. The van der Waals surface area contributed by atoms with Gasteiger partial charge in [0.1, 0.15) is 0 Å². The topological polar surface area (TPSA) is 34.1 Å². The Morgan fingerprint density at radius 2 is 2.00 bits per heavy atom. The molecule has 1 fully saturated rings. The van der Waals surface area contributed by atoms with Crippen LogP contribution in [0.4, 0.5) is 0 Å². The zero-order valence-electron chi connectivity index (χ0n) is 14.2. The van der Waals surface area contributed by atoms with Gasteiger partial charge in [0.15, 0.2) is 0 Å². The summed E-state index contributed by atoms with van der Waals surface area (Å²) in [6.45, 7) is 5.07. The molecule has 3 atom stereocenters. The molecule has 1 heterocycles. The molecule has 1 aliphatic rings. The minimum atomic E-state index is 0.272. The van der Waals surface area contributed by atoms with Crippen LogP contribution in [0.15, 0.2) is 30.3 Å². The molecule has 0 aliphatic heterocycles. The predicted molar refractivity (Wildman–Crippen MR) is 96.0 cm³/mol. The van der Waals surface area contributed by atoms with Gasteiger partial charge >= 0.3 is 0 Å². The Morgan fingerprint density at radius 3 is 2.65 bits per heavy atom. The fraction of sp³-hybridized carbons (Fsp3) is 0.526. The van der Waals surface area contributed by atoms with Gasteiger partial charge in [0.2, 0.25) is 0 Å². The van der Waals surface area contributed by atoms with Crippen molar-refractivity contribution >= 4 is 11.3 Å². The number of benzene rings is 1. The van der Waals surface area contributed by atoms with Crippen LogP contribution in [0.3, 0.4) is 0 Å². The number of thiazole rings is 1. The van der Waals surface area contributed by atoms with E-state index >= 15 is 0 Å². The van der Waals surface area contributed by atoms with Crippen molar-refractivity contribution < 1.29 is 4.74 Å². The molecule has 1 aromatic carbocycles. The fourth-order valence-electron chi connectivity index (χ4n) is 3.61. The number of hydrogen-bond acceptors (Lipinski definition) is 4. The molecule has 3 rings (SSSR count). The monoisotopic (exact) mass is 330 g/mol. The van der Waals surface area contributed by atoms with Gasteiger partial charge in [0.25, 0.3) is 0 Å². The zero-order valence-corrected chi connectivity index (χ0v) is 15.0. The molecule has 23 heavy (non-hydrogen) atoms. The van der Waals surface area contributed by atoms with E-state index in [2.05, 4.69) is 54.5 Å². The summed E-state index contributed by atoms with van der Waals surface area (Å²) in [5.74, 6) is 0.613. The maximum absolute atomic E-state index is 5.80. The van der Waals surface area contributed by atoms with Crippen LogP contribution in [-0.4, -0.2) is 24.2 Å². The Labute approximate surface area is 143 Å². The molecule has 0 amide bonds. The van der Waals surface area contributed by atoms with Crippen molar-refractivity contribution in [3.05, 3.63) is 51.5 Å². The first kappa shape index (κ1) is 16.6. The van der Waals surface area contributed by atoms with Gasteiger partial charge in [-0.3, -0.25) is 0 Å². The number of rotatable bonds is 5. The number of nitrogens with zero attached hydrogens (tertiary/aromatic N) is 1. The Hall–Kier alpha value is -1.23. The molecular formula is C19H26N2OS. The van der Waals surface area contributed by atoms with Gasteiger partial charge in [0.05, 0.1) is 16.8 Å². The summed E-state index contributed by atoms with van der Waals surface area (Å²) < 4.78 is 5.80. The summed E-state index contributed by atoms with van der Waals surface area (Å²) >= 11 is 1.78. The molecule has 2 aromatic rings. The van der Waals surface area contributed by atoms with Gasteiger partial charge in [-0.15, -0.1) is 11.3 Å². The number of methoxy groups -OCH3 is 1. The molecule has 0 spiro atoms. The van der Waals surface area contributed by atoms with Gasteiger partial charge in [-0.2, -0.15) is 0 Å². The number of aryl methyl sites for hydroxylation is 2. The summed E-state index contributed by atoms with van der Waals surface area (Å²) in [4.78, 5) is 5.94. The number of ether oxygens (including phenoxy) is 1. The molecule has 1 aliphatic carbocycles. The minimum absolute atomic E-state index is 0.272. The quantitative estimate of drug-likeness (QED) is 0.892. The third-order valence-corrected chi connectivity index (χ3v) is 5.83. The lowest BCUT2D eigenvalue weighted by atomic mass is 9.80. The molecule has 0 saturated heterocycles. The second-order valence-corrected chi connectivity index (χ2v) is 7.83. The highest BCUT2D eigenvalue weighted by Gasteiger charge is 2.31. The maximum Gasteiger partial charge on any atom is 0.0900 e. The third-order valence-electron chi connectivity index (χ3n) is 4.90. The lowest BCUT2D eigenvalue weighted by Crippen LogP contribution is -2.44. The Kier molecular flexibility index (Phi) is 5.46. The first-order valence-corrected chi connectivity index (χ1v) is 9.23. The van der Waals surface area contributed by atoms with Gasteiger partial charge < -0.3 is 10.1 Å². The van der Waals surface area contributed by atoms with Crippen LogP contribution in [-0.2, 0) is 11.3 Å². The first-order valence-electron chi connectivity index (χ1n) is 8.41. The van der Waals surface area contributed by atoms with Gasteiger partial charge in [-0.1, -0.05) is 30.3 Å². The first-order chi connectivity index (χ1) is 11.2. The molecule has 3 nitrogen and oxygen atoms in total. The van der Waals surface area contributed by atoms with Crippen molar-refractivity contribution in [2.24, 2.45) is 0 Å². The van der Waals surface area contributed by atoms with Crippen LogP contribution in [0.5, 0.6) is 0 Å². The summed E-state index contributed by atoms with van der Waals surface area (Å²) in [6.07, 6.45) is 3.73. The van der Waals surface area contributed by atoms with Crippen LogP contribution < -0.4 is 5.32 Å². The van der Waals surface area contributed by atoms with E-state index in [4.69, 9.17) is 4.74 Å². The lowest BCUT2D eigenvalue weighted by molar-refractivity contribution is 0.0341. The van der Waals surface area contributed by atoms with E-state index in [1.54, 1.807) is 11.3 Å². The Morgan fingerprint density at radius 1 is 1.22 bits per heavy atom. The summed E-state index contributed by atoms with van der Waals surface area (Å²) in [7, 11) is 1.84. The summed E-state index contributed by atoms with van der Waals surface area (Å²) in [6, 6.07) is 11.3. The van der Waals surface area contributed by atoms with Crippen LogP contribution in [0, 0.1) is 13.8 Å². The zero-order chi connectivity index (χ0) is 16.2. The summed E-state index contributed by atoms with van der Waals surface area (Å²) in [5.41, 5.74) is 2.63. The number of aromatic nitrogens is 1. The van der Waals surface area contributed by atoms with Crippen molar-refractivity contribution in [2.45, 2.75) is 57.7 Å². The average molecular weight is 330 g/mol. The predicted octanol–water partition coefficient (Wildman–Crippen LogP) is 4.20. The van der Waals surface area contributed by atoms with E-state index in [-0.39, 0.29) is 6.10 Å². The lowest BCUT2D eigenvalue weighted by Gasteiger charge is -2.36. The minimum Gasteiger partial charge on any atom is -0.380 e. The van der Waals surface area contributed by atoms with Crippen LogP contribution in [0.25, 0.3) is 0 Å². The van der Waals surface area contributed by atoms with Crippen molar-refractivity contribution in [1.82, 2.24) is 10.3 Å². The molecule has 0 bridgehead atoms. The van der Waals surface area contributed by atoms with Crippen LogP contribution >= 0.6 is 11.3 Å². The second kappa shape index (κ2) is 7.56. The molecule has 0 radical (unpaired) electrons. The highest BCUT2D eigenvalue weighted by Crippen LogP contribution is 2.34. The van der Waals surface area contributed by atoms with Crippen molar-refractivity contribution in [2.75, 3.05) is 7.11 Å². The highest BCUT2D eigenvalue weighted by atomic mass is 32.1. The normalized spacial score (nSPS) is 24.7. The van der Waals surface area contributed by atoms with E-state index in [9.17, 15) is 0 Å². The standard InChI is InChI=1S/C19H26N2OS/c1-13-18(21-14(2)23-13)12-20-17-10-9-16(11-19(17)22-3)15-7-5-4-6-8-15/h4-8,16-17,19-20H,9-12H2,1-3H3/t16-,17+,19-/m1/s1. The number of nitrogens with one attached hydrogen (secondary N) is 1. The number of hydrogen-bond donors (Lipinski definition) is 1. The van der Waals surface area contributed by atoms with E-state index in [0.29, 0.717) is 12.0 Å². The van der Waals surface area contributed by atoms with Crippen molar-refractivity contribution in [3.8, 4) is 0 Å². The fourth-order valence-corrected chi connectivity index (χ4v) is 4.45. The van der Waals surface area contributed by atoms with E-state index in [1.165, 1.54) is 22.6 Å². The second-order valence-electron chi connectivity index (χ2n) is 6.42. The molecule has 0 unspecified atom stereocenters. The smallest absolute Gasteiger partial charge is 0.0900 e. The molecule has 1 N–H and O–H groups in total. The van der Waals surface area contributed by atoms with Crippen LogP contribution in [0.2, 0.25) is 0 Å². The van der Waals surface area contributed by atoms with Gasteiger partial charge in [-0.05, 0) is 44.6 Å². The average Bonchev–Trinajstić information content (AvgIpc) is 2.91. The molecule has 124 valence electrons. The van der Waals surface area contributed by atoms with E-state index in [1.807, 2.05) is 7.11 Å². The van der Waals surface area contributed by atoms with Crippen molar-refractivity contribution in [1.29, 1.82) is 0 Å². The Balaban J connectivity index is 1.60.